The Hall–Kier alpha value is -2.61. The van der Waals surface area contributed by atoms with E-state index in [1.807, 2.05) is 6.92 Å². The van der Waals surface area contributed by atoms with Gasteiger partial charge in [0.15, 0.2) is 0 Å². The van der Waals surface area contributed by atoms with Crippen molar-refractivity contribution in [2.75, 3.05) is 0 Å². The fourth-order valence-corrected chi connectivity index (χ4v) is 1.84. The molecular weight excluding hydrogens is 242 g/mol. The summed E-state index contributed by atoms with van der Waals surface area (Å²) in [5, 5.41) is 8.80. The normalized spacial score (nSPS) is 10.2. The maximum absolute atomic E-state index is 11.8. The van der Waals surface area contributed by atoms with Crippen molar-refractivity contribution in [3.8, 4) is 6.07 Å². The van der Waals surface area contributed by atoms with Crippen molar-refractivity contribution in [1.82, 2.24) is 9.13 Å². The van der Waals surface area contributed by atoms with Gasteiger partial charge in [-0.2, -0.15) is 5.26 Å². The molecule has 0 saturated heterocycles. The van der Waals surface area contributed by atoms with Crippen molar-refractivity contribution in [1.29, 1.82) is 5.26 Å². The van der Waals surface area contributed by atoms with Crippen molar-refractivity contribution in [3.63, 3.8) is 0 Å². The molecule has 0 aliphatic rings. The molecule has 0 bridgehead atoms. The van der Waals surface area contributed by atoms with Crippen LogP contribution in [0.25, 0.3) is 0 Å². The number of hydrogen-bond acceptors (Lipinski definition) is 3. The summed E-state index contributed by atoms with van der Waals surface area (Å²) in [6.07, 6.45) is 3.14. The molecule has 0 fully saturated rings. The highest BCUT2D eigenvalue weighted by atomic mass is 16.2. The summed E-state index contributed by atoms with van der Waals surface area (Å²) in [5.74, 6) is 0. The van der Waals surface area contributed by atoms with E-state index in [-0.39, 0.29) is 0 Å². The summed E-state index contributed by atoms with van der Waals surface area (Å²) in [6, 6.07) is 7.34. The molecule has 2 rings (SSSR count). The molecule has 0 spiro atoms. The molecule has 1 heterocycles. The highest BCUT2D eigenvalue weighted by molar-refractivity contribution is 5.37. The highest BCUT2D eigenvalue weighted by Crippen LogP contribution is 2.11. The summed E-state index contributed by atoms with van der Waals surface area (Å²) in [5.41, 5.74) is 1.32. The zero-order chi connectivity index (χ0) is 14.0. The second-order valence-corrected chi connectivity index (χ2v) is 4.40. The second kappa shape index (κ2) is 4.94. The molecule has 2 aromatic rings. The number of nitriles is 1. The summed E-state index contributed by atoms with van der Waals surface area (Å²) in [7, 11) is 1.54. The van der Waals surface area contributed by atoms with Crippen LogP contribution in [0.2, 0.25) is 0 Å². The first-order chi connectivity index (χ1) is 9.02. The van der Waals surface area contributed by atoms with E-state index in [9.17, 15) is 9.59 Å². The van der Waals surface area contributed by atoms with Gasteiger partial charge < -0.3 is 9.13 Å². The SMILES string of the molecule is Cc1cc(C#N)ccc1Cn1ccn(C)c(=O)c1=O. The van der Waals surface area contributed by atoms with Gasteiger partial charge in [-0.1, -0.05) is 6.07 Å². The van der Waals surface area contributed by atoms with Gasteiger partial charge in [-0.15, -0.1) is 0 Å². The van der Waals surface area contributed by atoms with Crippen molar-refractivity contribution < 1.29 is 0 Å². The van der Waals surface area contributed by atoms with E-state index < -0.39 is 11.1 Å². The Bertz CT molecular complexity index is 778. The minimum atomic E-state index is -0.547. The predicted octanol–water partition coefficient (Wildman–Crippen LogP) is 0.775. The van der Waals surface area contributed by atoms with Gasteiger partial charge in [-0.3, -0.25) is 9.59 Å². The molecule has 0 amide bonds. The fourth-order valence-electron chi connectivity index (χ4n) is 1.84. The molecule has 0 atom stereocenters. The number of rotatable bonds is 2. The molecule has 0 aliphatic carbocycles. The lowest BCUT2D eigenvalue weighted by Crippen LogP contribution is -2.39. The maximum atomic E-state index is 11.8. The van der Waals surface area contributed by atoms with E-state index in [0.29, 0.717) is 12.1 Å². The van der Waals surface area contributed by atoms with Crippen molar-refractivity contribution >= 4 is 0 Å². The smallest absolute Gasteiger partial charge is 0.312 e. The van der Waals surface area contributed by atoms with Crippen LogP contribution in [-0.4, -0.2) is 9.13 Å². The first-order valence-corrected chi connectivity index (χ1v) is 5.78. The van der Waals surface area contributed by atoms with E-state index in [1.54, 1.807) is 37.6 Å². The van der Waals surface area contributed by atoms with Gasteiger partial charge in [-0.25, -0.2) is 0 Å². The van der Waals surface area contributed by atoms with E-state index >= 15 is 0 Å². The number of hydrogen-bond donors (Lipinski definition) is 0. The zero-order valence-electron chi connectivity index (χ0n) is 10.8. The highest BCUT2D eigenvalue weighted by Gasteiger charge is 2.05. The van der Waals surface area contributed by atoms with Crippen molar-refractivity contribution in [3.05, 3.63) is 68.0 Å². The Morgan fingerprint density at radius 3 is 2.58 bits per heavy atom. The van der Waals surface area contributed by atoms with Crippen LogP contribution in [0, 0.1) is 18.3 Å². The lowest BCUT2D eigenvalue weighted by molar-refractivity contribution is 0.693. The van der Waals surface area contributed by atoms with E-state index in [4.69, 9.17) is 5.26 Å². The van der Waals surface area contributed by atoms with Gasteiger partial charge in [0.1, 0.15) is 0 Å². The van der Waals surface area contributed by atoms with Crippen LogP contribution < -0.4 is 11.1 Å². The molecule has 5 nitrogen and oxygen atoms in total. The van der Waals surface area contributed by atoms with Crippen LogP contribution in [0.15, 0.2) is 40.2 Å². The van der Waals surface area contributed by atoms with Gasteiger partial charge in [0.25, 0.3) is 0 Å². The minimum Gasteiger partial charge on any atom is -0.312 e. The van der Waals surface area contributed by atoms with Crippen LogP contribution >= 0.6 is 0 Å². The molecule has 0 radical (unpaired) electrons. The molecule has 96 valence electrons. The third kappa shape index (κ3) is 2.47. The van der Waals surface area contributed by atoms with Crippen LogP contribution in [0.5, 0.6) is 0 Å². The Morgan fingerprint density at radius 2 is 1.95 bits per heavy atom. The summed E-state index contributed by atoms with van der Waals surface area (Å²) < 4.78 is 2.63. The standard InChI is InChI=1S/C14H13N3O2/c1-10-7-11(8-15)3-4-12(10)9-17-6-5-16(2)13(18)14(17)19/h3-7H,9H2,1-2H3. The zero-order valence-corrected chi connectivity index (χ0v) is 10.8. The number of nitrogens with zero attached hydrogens (tertiary/aromatic N) is 3. The first kappa shape index (κ1) is 12.8. The van der Waals surface area contributed by atoms with E-state index in [0.717, 1.165) is 11.1 Å². The molecule has 5 heteroatoms. The summed E-state index contributed by atoms with van der Waals surface area (Å²) in [6.45, 7) is 2.20. The van der Waals surface area contributed by atoms with E-state index in [1.165, 1.54) is 9.13 Å². The van der Waals surface area contributed by atoms with Crippen LogP contribution in [0.3, 0.4) is 0 Å². The Morgan fingerprint density at radius 1 is 1.21 bits per heavy atom. The number of aromatic nitrogens is 2. The fraction of sp³-hybridized carbons (Fsp3) is 0.214. The number of aryl methyl sites for hydroxylation is 2. The summed E-state index contributed by atoms with van der Waals surface area (Å²) >= 11 is 0. The van der Waals surface area contributed by atoms with Gasteiger partial charge in [-0.05, 0) is 30.2 Å². The molecule has 0 aliphatic heterocycles. The molecule has 0 N–H and O–H groups in total. The largest absolute Gasteiger partial charge is 0.316 e. The van der Waals surface area contributed by atoms with Crippen LogP contribution in [0.4, 0.5) is 0 Å². The topological polar surface area (TPSA) is 67.8 Å². The average molecular weight is 255 g/mol. The quantitative estimate of drug-likeness (QED) is 0.744. The van der Waals surface area contributed by atoms with Gasteiger partial charge in [0.2, 0.25) is 0 Å². The Balaban J connectivity index is 2.43. The Kier molecular flexibility index (Phi) is 3.34. The number of benzene rings is 1. The third-order valence-electron chi connectivity index (χ3n) is 3.05. The molecule has 19 heavy (non-hydrogen) atoms. The average Bonchev–Trinajstić information content (AvgIpc) is 2.41. The van der Waals surface area contributed by atoms with Gasteiger partial charge in [0.05, 0.1) is 18.2 Å². The first-order valence-electron chi connectivity index (χ1n) is 5.78. The lowest BCUT2D eigenvalue weighted by Gasteiger charge is -2.09. The van der Waals surface area contributed by atoms with Crippen LogP contribution in [0.1, 0.15) is 16.7 Å². The monoisotopic (exact) mass is 255 g/mol. The summed E-state index contributed by atoms with van der Waals surface area (Å²) in [4.78, 5) is 23.4. The van der Waals surface area contributed by atoms with E-state index in [2.05, 4.69) is 6.07 Å². The lowest BCUT2D eigenvalue weighted by atomic mass is 10.1. The maximum Gasteiger partial charge on any atom is 0.316 e. The van der Waals surface area contributed by atoms with Gasteiger partial charge in [0, 0.05) is 19.4 Å². The van der Waals surface area contributed by atoms with Gasteiger partial charge >= 0.3 is 11.1 Å². The van der Waals surface area contributed by atoms with Crippen molar-refractivity contribution in [2.45, 2.75) is 13.5 Å². The molecule has 1 aromatic heterocycles. The predicted molar refractivity (Wildman–Crippen MR) is 70.9 cm³/mol. The molecule has 0 saturated carbocycles. The molecule has 1 aromatic carbocycles. The second-order valence-electron chi connectivity index (χ2n) is 4.40. The third-order valence-corrected chi connectivity index (χ3v) is 3.05. The van der Waals surface area contributed by atoms with Crippen LogP contribution in [-0.2, 0) is 13.6 Å². The molecular formula is C14H13N3O2. The Labute approximate surface area is 110 Å². The van der Waals surface area contributed by atoms with Crippen molar-refractivity contribution in [2.24, 2.45) is 7.05 Å². The molecule has 0 unspecified atom stereocenters. The minimum absolute atomic E-state index is 0.326.